The van der Waals surface area contributed by atoms with E-state index in [1.165, 1.54) is 36.1 Å². The van der Waals surface area contributed by atoms with E-state index in [1.54, 1.807) is 63.2 Å². The van der Waals surface area contributed by atoms with Gasteiger partial charge in [-0.3, -0.25) is 28.9 Å². The predicted octanol–water partition coefficient (Wildman–Crippen LogP) is 4.51. The number of nitrogens with zero attached hydrogens (tertiary/aromatic N) is 1. The number of benzene rings is 3. The molecule has 0 bridgehead atoms. The molecule has 0 radical (unpaired) electrons. The molecule has 9 heteroatoms. The Bertz CT molecular complexity index is 1450. The normalized spacial score (nSPS) is 12.7. The van der Waals surface area contributed by atoms with E-state index >= 15 is 0 Å². The smallest absolute Gasteiger partial charge is 0.308 e. The van der Waals surface area contributed by atoms with E-state index in [9.17, 15) is 24.0 Å². The van der Waals surface area contributed by atoms with Crippen molar-refractivity contribution in [3.8, 4) is 5.75 Å². The Balaban J connectivity index is 1.54. The number of carbonyl (C=O) groups is 5. The van der Waals surface area contributed by atoms with Crippen molar-refractivity contribution in [2.75, 3.05) is 10.6 Å². The molecule has 1 heterocycles. The van der Waals surface area contributed by atoms with Crippen molar-refractivity contribution in [3.63, 3.8) is 0 Å². The summed E-state index contributed by atoms with van der Waals surface area (Å²) in [6.07, 6.45) is 0. The van der Waals surface area contributed by atoms with Gasteiger partial charge in [0.05, 0.1) is 22.5 Å². The first-order valence-corrected chi connectivity index (χ1v) is 11.5. The fourth-order valence-corrected chi connectivity index (χ4v) is 3.95. The Hall–Kier alpha value is -4.79. The van der Waals surface area contributed by atoms with Gasteiger partial charge in [0, 0.05) is 23.6 Å². The van der Waals surface area contributed by atoms with Gasteiger partial charge in [0.15, 0.2) is 0 Å². The lowest BCUT2D eigenvalue weighted by molar-refractivity contribution is -0.131. The van der Waals surface area contributed by atoms with Crippen molar-refractivity contribution in [1.29, 1.82) is 0 Å². The molecule has 0 aliphatic carbocycles. The topological polar surface area (TPSA) is 122 Å². The van der Waals surface area contributed by atoms with E-state index in [0.717, 1.165) is 0 Å². The van der Waals surface area contributed by atoms with Crippen LogP contribution in [0.2, 0.25) is 0 Å². The lowest BCUT2D eigenvalue weighted by Crippen LogP contribution is -2.45. The highest BCUT2D eigenvalue weighted by Crippen LogP contribution is 2.30. The molecule has 9 nitrogen and oxygen atoms in total. The molecule has 37 heavy (non-hydrogen) atoms. The van der Waals surface area contributed by atoms with Crippen molar-refractivity contribution in [1.82, 2.24) is 4.90 Å². The first kappa shape index (κ1) is 25.3. The van der Waals surface area contributed by atoms with E-state index in [4.69, 9.17) is 4.74 Å². The molecule has 0 fully saturated rings. The second kappa shape index (κ2) is 9.69. The monoisotopic (exact) mass is 499 g/mol. The standard InChI is InChI=1S/C28H25N3O6/c1-16(32)37-19-9-7-8-17(14-19)24(33)29-22-10-5-6-11-23(22)30-25(34)18-12-13-20-21(15-18)27(36)31(26(20)35)28(2,3)4/h5-15H,1-4H3,(H,29,33)(H,30,34). The van der Waals surface area contributed by atoms with E-state index < -0.39 is 35.1 Å². The molecule has 1 aliphatic heterocycles. The number of imide groups is 1. The van der Waals surface area contributed by atoms with E-state index in [2.05, 4.69) is 10.6 Å². The summed E-state index contributed by atoms with van der Waals surface area (Å²) >= 11 is 0. The second-order valence-electron chi connectivity index (χ2n) is 9.45. The Morgan fingerprint density at radius 1 is 0.730 bits per heavy atom. The van der Waals surface area contributed by atoms with Crippen LogP contribution in [-0.4, -0.2) is 40.0 Å². The maximum Gasteiger partial charge on any atom is 0.308 e. The molecule has 1 aliphatic rings. The number of hydrogen-bond donors (Lipinski definition) is 2. The molecule has 0 atom stereocenters. The minimum Gasteiger partial charge on any atom is -0.427 e. The van der Waals surface area contributed by atoms with Crippen molar-refractivity contribution in [3.05, 3.63) is 89.0 Å². The molecule has 0 saturated carbocycles. The van der Waals surface area contributed by atoms with Crippen LogP contribution >= 0.6 is 0 Å². The van der Waals surface area contributed by atoms with Crippen LogP contribution in [0, 0.1) is 0 Å². The highest BCUT2D eigenvalue weighted by molar-refractivity contribution is 6.23. The molecule has 0 unspecified atom stereocenters. The van der Waals surface area contributed by atoms with Gasteiger partial charge in [-0.15, -0.1) is 0 Å². The van der Waals surface area contributed by atoms with Gasteiger partial charge in [-0.05, 0) is 69.3 Å². The lowest BCUT2D eigenvalue weighted by atomic mass is 10.1. The highest BCUT2D eigenvalue weighted by atomic mass is 16.5. The van der Waals surface area contributed by atoms with Crippen LogP contribution in [0.25, 0.3) is 0 Å². The van der Waals surface area contributed by atoms with Gasteiger partial charge < -0.3 is 15.4 Å². The first-order valence-electron chi connectivity index (χ1n) is 11.5. The fraction of sp³-hybridized carbons (Fsp3) is 0.179. The molecule has 0 saturated heterocycles. The Morgan fingerprint density at radius 3 is 1.86 bits per heavy atom. The largest absolute Gasteiger partial charge is 0.427 e. The molecular formula is C28H25N3O6. The van der Waals surface area contributed by atoms with Crippen LogP contribution in [0.15, 0.2) is 66.7 Å². The maximum absolute atomic E-state index is 13.1. The van der Waals surface area contributed by atoms with Crippen LogP contribution in [0.4, 0.5) is 11.4 Å². The Morgan fingerprint density at radius 2 is 1.30 bits per heavy atom. The van der Waals surface area contributed by atoms with Crippen LogP contribution in [0.5, 0.6) is 5.75 Å². The van der Waals surface area contributed by atoms with Crippen molar-refractivity contribution >= 4 is 41.0 Å². The number of ether oxygens (including phenoxy) is 1. The van der Waals surface area contributed by atoms with Gasteiger partial charge in [0.2, 0.25) is 0 Å². The number of fused-ring (bicyclic) bond motifs is 1. The highest BCUT2D eigenvalue weighted by Gasteiger charge is 2.42. The summed E-state index contributed by atoms with van der Waals surface area (Å²) in [6, 6.07) is 17.1. The molecule has 4 rings (SSSR count). The number of carbonyl (C=O) groups excluding carboxylic acids is 5. The summed E-state index contributed by atoms with van der Waals surface area (Å²) in [6.45, 7) is 6.56. The van der Waals surface area contributed by atoms with Gasteiger partial charge in [0.25, 0.3) is 23.6 Å². The van der Waals surface area contributed by atoms with Crippen molar-refractivity contribution in [2.45, 2.75) is 33.2 Å². The van der Waals surface area contributed by atoms with Gasteiger partial charge >= 0.3 is 5.97 Å². The zero-order chi connectivity index (χ0) is 26.9. The quantitative estimate of drug-likeness (QED) is 0.303. The van der Waals surface area contributed by atoms with Crippen LogP contribution in [0.1, 0.15) is 69.1 Å². The number of rotatable bonds is 5. The van der Waals surface area contributed by atoms with Gasteiger partial charge in [-0.1, -0.05) is 18.2 Å². The summed E-state index contributed by atoms with van der Waals surface area (Å²) < 4.78 is 5.03. The molecule has 2 N–H and O–H groups in total. The third-order valence-electron chi connectivity index (χ3n) is 5.60. The summed E-state index contributed by atoms with van der Waals surface area (Å²) in [4.78, 5) is 63.9. The number of para-hydroxylation sites is 2. The van der Waals surface area contributed by atoms with Crippen molar-refractivity contribution < 1.29 is 28.7 Å². The summed E-state index contributed by atoms with van der Waals surface area (Å²) in [5.74, 6) is -2.11. The minimum atomic E-state index is -0.704. The van der Waals surface area contributed by atoms with Crippen LogP contribution in [0.3, 0.4) is 0 Å². The van der Waals surface area contributed by atoms with Crippen molar-refractivity contribution in [2.24, 2.45) is 0 Å². The molecule has 3 aromatic carbocycles. The molecule has 0 aromatic heterocycles. The third kappa shape index (κ3) is 5.25. The average molecular weight is 500 g/mol. The van der Waals surface area contributed by atoms with Gasteiger partial charge in [0.1, 0.15) is 5.75 Å². The van der Waals surface area contributed by atoms with Crippen LogP contribution in [-0.2, 0) is 4.79 Å². The third-order valence-corrected chi connectivity index (χ3v) is 5.60. The summed E-state index contributed by atoms with van der Waals surface area (Å²) in [5.41, 5.74) is 0.823. The van der Waals surface area contributed by atoms with Crippen LogP contribution < -0.4 is 15.4 Å². The number of hydrogen-bond acceptors (Lipinski definition) is 6. The van der Waals surface area contributed by atoms with Gasteiger partial charge in [-0.2, -0.15) is 0 Å². The summed E-state index contributed by atoms with van der Waals surface area (Å²) in [7, 11) is 0. The molecule has 3 aromatic rings. The number of nitrogens with one attached hydrogen (secondary N) is 2. The van der Waals surface area contributed by atoms with E-state index in [1.807, 2.05) is 0 Å². The molecule has 188 valence electrons. The van der Waals surface area contributed by atoms with Gasteiger partial charge in [-0.25, -0.2) is 0 Å². The van der Waals surface area contributed by atoms with E-state index in [-0.39, 0.29) is 28.0 Å². The maximum atomic E-state index is 13.1. The molecule has 0 spiro atoms. The average Bonchev–Trinajstić information content (AvgIpc) is 3.09. The SMILES string of the molecule is CC(=O)Oc1cccc(C(=O)Nc2ccccc2NC(=O)c2ccc3c(c2)C(=O)N(C(C)(C)C)C3=O)c1. The number of amides is 4. The molecule has 4 amide bonds. The zero-order valence-electron chi connectivity index (χ0n) is 20.7. The minimum absolute atomic E-state index is 0.168. The fourth-order valence-electron chi connectivity index (χ4n) is 3.95. The second-order valence-corrected chi connectivity index (χ2v) is 9.45. The lowest BCUT2D eigenvalue weighted by Gasteiger charge is -2.29. The Labute approximate surface area is 213 Å². The van der Waals surface area contributed by atoms with E-state index in [0.29, 0.717) is 11.4 Å². The molecular weight excluding hydrogens is 474 g/mol. The Kier molecular flexibility index (Phi) is 6.63. The summed E-state index contributed by atoms with van der Waals surface area (Å²) in [5, 5.41) is 5.49. The predicted molar refractivity (Wildman–Crippen MR) is 137 cm³/mol. The number of esters is 1. The zero-order valence-corrected chi connectivity index (χ0v) is 20.7. The first-order chi connectivity index (χ1) is 17.5. The number of anilines is 2.